The summed E-state index contributed by atoms with van der Waals surface area (Å²) in [5, 5.41) is 12.1. The molecule has 3 rings (SSSR count). The summed E-state index contributed by atoms with van der Waals surface area (Å²) in [6, 6.07) is -0.149. The lowest BCUT2D eigenvalue weighted by atomic mass is 9.89. The Kier molecular flexibility index (Phi) is 3.51. The zero-order valence-corrected chi connectivity index (χ0v) is 12.1. The number of carbonyl (C=O) groups excluding carboxylic acids is 2. The highest BCUT2D eigenvalue weighted by Gasteiger charge is 2.52. The smallest absolute Gasteiger partial charge is 0.320 e. The summed E-state index contributed by atoms with van der Waals surface area (Å²) >= 11 is 0. The molecule has 2 heterocycles. The maximum atomic E-state index is 12.5. The first-order chi connectivity index (χ1) is 9.97. The van der Waals surface area contributed by atoms with Gasteiger partial charge in [-0.1, -0.05) is 0 Å². The molecule has 116 valence electrons. The lowest BCUT2D eigenvalue weighted by Crippen LogP contribution is -2.48. The van der Waals surface area contributed by atoms with E-state index < -0.39 is 11.9 Å². The number of urea groups is 1. The summed E-state index contributed by atoms with van der Waals surface area (Å²) in [5.74, 6) is -1.43. The van der Waals surface area contributed by atoms with Crippen LogP contribution in [0.15, 0.2) is 0 Å². The summed E-state index contributed by atoms with van der Waals surface area (Å²) in [6.45, 7) is 0.0308. The van der Waals surface area contributed by atoms with E-state index in [0.29, 0.717) is 6.42 Å². The largest absolute Gasteiger partial charge is 0.481 e. The van der Waals surface area contributed by atoms with Gasteiger partial charge in [0.25, 0.3) is 0 Å². The van der Waals surface area contributed by atoms with E-state index >= 15 is 0 Å². The molecule has 0 spiro atoms. The number of hydrogen-bond acceptors (Lipinski definition) is 3. The molecule has 3 fully saturated rings. The molecule has 3 unspecified atom stereocenters. The van der Waals surface area contributed by atoms with Crippen LogP contribution in [0.1, 0.15) is 32.1 Å². The number of rotatable bonds is 4. The van der Waals surface area contributed by atoms with Gasteiger partial charge in [-0.15, -0.1) is 0 Å². The number of likely N-dealkylation sites (N-methyl/N-ethyl adjacent to an activating group) is 1. The highest BCUT2D eigenvalue weighted by Crippen LogP contribution is 2.42. The summed E-state index contributed by atoms with van der Waals surface area (Å²) < 4.78 is 0. The molecule has 0 aromatic carbocycles. The quantitative estimate of drug-likeness (QED) is 0.778. The molecule has 3 atom stereocenters. The van der Waals surface area contributed by atoms with E-state index in [1.165, 1.54) is 4.90 Å². The van der Waals surface area contributed by atoms with Gasteiger partial charge in [-0.05, 0) is 32.1 Å². The van der Waals surface area contributed by atoms with Crippen LogP contribution < -0.4 is 5.32 Å². The number of fused-ring (bicyclic) bond motifs is 2. The average molecular weight is 295 g/mol. The molecule has 2 aliphatic heterocycles. The predicted octanol–water partition coefficient (Wildman–Crippen LogP) is 0.254. The Bertz CT molecular complexity index is 477. The molecule has 1 saturated carbocycles. The molecule has 3 amide bonds. The first kappa shape index (κ1) is 14.2. The zero-order valence-electron chi connectivity index (χ0n) is 12.1. The van der Waals surface area contributed by atoms with Crippen LogP contribution >= 0.6 is 0 Å². The number of carbonyl (C=O) groups is 3. The Hall–Kier alpha value is -1.79. The fourth-order valence-corrected chi connectivity index (χ4v) is 3.53. The molecule has 7 nitrogen and oxygen atoms in total. The number of hydrogen-bond donors (Lipinski definition) is 2. The van der Waals surface area contributed by atoms with Crippen molar-refractivity contribution >= 4 is 17.9 Å². The van der Waals surface area contributed by atoms with Crippen molar-refractivity contribution in [1.29, 1.82) is 0 Å². The number of nitrogens with one attached hydrogen (secondary N) is 1. The fourth-order valence-electron chi connectivity index (χ4n) is 3.53. The molecule has 2 saturated heterocycles. The van der Waals surface area contributed by atoms with Crippen LogP contribution in [0.2, 0.25) is 0 Å². The number of nitrogens with zero attached hydrogens (tertiary/aromatic N) is 2. The zero-order chi connectivity index (χ0) is 15.1. The van der Waals surface area contributed by atoms with E-state index in [4.69, 9.17) is 0 Å². The number of amides is 3. The third-order valence-corrected chi connectivity index (χ3v) is 4.72. The van der Waals surface area contributed by atoms with Gasteiger partial charge in [-0.25, -0.2) is 4.79 Å². The van der Waals surface area contributed by atoms with Crippen LogP contribution in [0.5, 0.6) is 0 Å². The molecule has 0 aromatic heterocycles. The highest BCUT2D eigenvalue weighted by molar-refractivity contribution is 5.85. The monoisotopic (exact) mass is 295 g/mol. The third kappa shape index (κ3) is 2.69. The number of carboxylic acids is 1. The van der Waals surface area contributed by atoms with Crippen molar-refractivity contribution in [1.82, 2.24) is 15.1 Å². The Labute approximate surface area is 123 Å². The van der Waals surface area contributed by atoms with Gasteiger partial charge in [0.05, 0.1) is 5.92 Å². The minimum atomic E-state index is -0.825. The molecule has 3 aliphatic rings. The fraction of sp³-hybridized carbons (Fsp3) is 0.786. The van der Waals surface area contributed by atoms with Crippen molar-refractivity contribution in [3.8, 4) is 0 Å². The molecule has 7 heteroatoms. The van der Waals surface area contributed by atoms with Crippen molar-refractivity contribution in [2.24, 2.45) is 5.92 Å². The second kappa shape index (κ2) is 5.20. The van der Waals surface area contributed by atoms with Gasteiger partial charge >= 0.3 is 12.0 Å². The maximum absolute atomic E-state index is 12.5. The summed E-state index contributed by atoms with van der Waals surface area (Å²) in [7, 11) is 1.60. The normalized spacial score (nSPS) is 30.3. The molecule has 1 aliphatic carbocycles. The Morgan fingerprint density at radius 3 is 2.52 bits per heavy atom. The van der Waals surface area contributed by atoms with Crippen molar-refractivity contribution in [3.63, 3.8) is 0 Å². The van der Waals surface area contributed by atoms with Crippen LogP contribution in [0.4, 0.5) is 4.79 Å². The summed E-state index contributed by atoms with van der Waals surface area (Å²) in [4.78, 5) is 38.5. The molecular weight excluding hydrogens is 274 g/mol. The van der Waals surface area contributed by atoms with E-state index in [0.717, 1.165) is 25.7 Å². The van der Waals surface area contributed by atoms with Gasteiger partial charge in [-0.2, -0.15) is 0 Å². The van der Waals surface area contributed by atoms with Gasteiger partial charge in [0.2, 0.25) is 5.91 Å². The van der Waals surface area contributed by atoms with Crippen LogP contribution in [0.25, 0.3) is 0 Å². The maximum Gasteiger partial charge on any atom is 0.320 e. The summed E-state index contributed by atoms with van der Waals surface area (Å²) in [5.41, 5.74) is 0. The second-order valence-corrected chi connectivity index (χ2v) is 6.37. The summed E-state index contributed by atoms with van der Waals surface area (Å²) in [6.07, 6.45) is 4.17. The minimum absolute atomic E-state index is 0.0116. The Morgan fingerprint density at radius 2 is 1.95 bits per heavy atom. The molecular formula is C14H21N3O4. The van der Waals surface area contributed by atoms with Crippen LogP contribution in [-0.4, -0.2) is 64.5 Å². The Morgan fingerprint density at radius 1 is 1.24 bits per heavy atom. The number of aliphatic carboxylic acids is 1. The van der Waals surface area contributed by atoms with Gasteiger partial charge in [0.15, 0.2) is 0 Å². The molecule has 0 aromatic rings. The van der Waals surface area contributed by atoms with Crippen molar-refractivity contribution in [3.05, 3.63) is 0 Å². The van der Waals surface area contributed by atoms with E-state index in [2.05, 4.69) is 5.32 Å². The standard InChI is InChI=1S/C14H21N3O4/c1-16(7-12(18)15-8-2-3-8)14(21)17-9-4-5-11(17)10(6-9)13(19)20/h8-11H,2-7H2,1H3,(H,15,18)(H,19,20). The van der Waals surface area contributed by atoms with Crippen molar-refractivity contribution in [2.45, 2.75) is 50.2 Å². The van der Waals surface area contributed by atoms with Gasteiger partial charge in [0.1, 0.15) is 6.54 Å². The SMILES string of the molecule is CN(CC(=O)NC1CC1)C(=O)N1C2CCC1C(C(=O)O)C2. The topological polar surface area (TPSA) is 90.0 Å². The van der Waals surface area contributed by atoms with E-state index in [-0.39, 0.29) is 36.6 Å². The van der Waals surface area contributed by atoms with E-state index in [1.54, 1.807) is 11.9 Å². The highest BCUT2D eigenvalue weighted by atomic mass is 16.4. The lowest BCUT2D eigenvalue weighted by molar-refractivity contribution is -0.142. The van der Waals surface area contributed by atoms with E-state index in [9.17, 15) is 19.5 Å². The van der Waals surface area contributed by atoms with Crippen LogP contribution in [0.3, 0.4) is 0 Å². The van der Waals surface area contributed by atoms with E-state index in [1.807, 2.05) is 0 Å². The molecule has 0 radical (unpaired) electrons. The average Bonchev–Trinajstić information content (AvgIpc) is 3.04. The van der Waals surface area contributed by atoms with Crippen LogP contribution in [-0.2, 0) is 9.59 Å². The molecule has 2 bridgehead atoms. The third-order valence-electron chi connectivity index (χ3n) is 4.72. The van der Waals surface area contributed by atoms with Gasteiger partial charge in [0, 0.05) is 25.2 Å². The molecule has 2 N–H and O–H groups in total. The number of carboxylic acid groups (broad SMARTS) is 1. The van der Waals surface area contributed by atoms with Crippen LogP contribution in [0, 0.1) is 5.92 Å². The Balaban J connectivity index is 1.59. The van der Waals surface area contributed by atoms with Crippen molar-refractivity contribution < 1.29 is 19.5 Å². The van der Waals surface area contributed by atoms with Crippen molar-refractivity contribution in [2.75, 3.05) is 13.6 Å². The molecule has 21 heavy (non-hydrogen) atoms. The lowest BCUT2D eigenvalue weighted by Gasteiger charge is -2.28. The predicted molar refractivity (Wildman–Crippen MR) is 73.6 cm³/mol. The first-order valence-corrected chi connectivity index (χ1v) is 7.53. The first-order valence-electron chi connectivity index (χ1n) is 7.53. The second-order valence-electron chi connectivity index (χ2n) is 6.37. The van der Waals surface area contributed by atoms with Gasteiger partial charge in [-0.3, -0.25) is 9.59 Å². The minimum Gasteiger partial charge on any atom is -0.481 e. The van der Waals surface area contributed by atoms with Gasteiger partial charge < -0.3 is 20.2 Å².